The van der Waals surface area contributed by atoms with Crippen LogP contribution in [0.1, 0.15) is 60.0 Å². The molecule has 0 unspecified atom stereocenters. The minimum absolute atomic E-state index is 0.0272. The Bertz CT molecular complexity index is 860. The van der Waals surface area contributed by atoms with Crippen molar-refractivity contribution in [2.75, 3.05) is 7.11 Å². The van der Waals surface area contributed by atoms with Crippen molar-refractivity contribution in [2.24, 2.45) is 11.8 Å². The first-order valence-electron chi connectivity index (χ1n) is 10.1. The molecule has 0 spiro atoms. The molecule has 2 aromatic rings. The van der Waals surface area contributed by atoms with Crippen LogP contribution in [-0.4, -0.2) is 17.9 Å². The number of hydrogen-bond donors (Lipinski definition) is 0. The van der Waals surface area contributed by atoms with E-state index in [9.17, 15) is 18.0 Å². The van der Waals surface area contributed by atoms with Gasteiger partial charge in [-0.2, -0.15) is 13.2 Å². The highest BCUT2D eigenvalue weighted by Gasteiger charge is 2.32. The molecule has 1 fully saturated rings. The van der Waals surface area contributed by atoms with Gasteiger partial charge in [0, 0.05) is 24.2 Å². The van der Waals surface area contributed by atoms with E-state index in [4.69, 9.17) is 16.3 Å². The summed E-state index contributed by atoms with van der Waals surface area (Å²) in [6.07, 6.45) is 3.48. The van der Waals surface area contributed by atoms with Crippen LogP contribution >= 0.6 is 11.6 Å². The van der Waals surface area contributed by atoms with Crippen LogP contribution < -0.4 is 4.74 Å². The molecule has 162 valence electrons. The van der Waals surface area contributed by atoms with Crippen molar-refractivity contribution in [1.82, 2.24) is 4.98 Å². The minimum Gasteiger partial charge on any atom is -0.481 e. The predicted octanol–water partition coefficient (Wildman–Crippen LogP) is 6.77. The molecule has 7 heteroatoms. The third-order valence-electron chi connectivity index (χ3n) is 5.88. The van der Waals surface area contributed by atoms with Crippen LogP contribution in [0.4, 0.5) is 13.2 Å². The maximum atomic E-state index is 12.9. The van der Waals surface area contributed by atoms with Crippen LogP contribution in [-0.2, 0) is 12.6 Å². The number of benzene rings is 1. The number of carbonyl (C=O) groups is 1. The summed E-state index contributed by atoms with van der Waals surface area (Å²) >= 11 is 6.00. The molecule has 3 nitrogen and oxygen atoms in total. The molecule has 0 atom stereocenters. The lowest BCUT2D eigenvalue weighted by atomic mass is 9.77. The summed E-state index contributed by atoms with van der Waals surface area (Å²) in [5.41, 5.74) is 0.305. The number of hydrogen-bond acceptors (Lipinski definition) is 3. The molecule has 1 heterocycles. The van der Waals surface area contributed by atoms with Gasteiger partial charge in [-0.3, -0.25) is 4.79 Å². The maximum Gasteiger partial charge on any atom is 0.416 e. The molecule has 1 aromatic carbocycles. The van der Waals surface area contributed by atoms with Crippen molar-refractivity contribution in [3.05, 3.63) is 58.2 Å². The zero-order valence-corrected chi connectivity index (χ0v) is 17.6. The average molecular weight is 440 g/mol. The van der Waals surface area contributed by atoms with Crippen LogP contribution in [0.2, 0.25) is 5.02 Å². The molecule has 1 aliphatic carbocycles. The molecule has 0 amide bonds. The molecule has 1 aliphatic rings. The summed E-state index contributed by atoms with van der Waals surface area (Å²) < 4.78 is 43.9. The molecule has 0 radical (unpaired) electrons. The highest BCUT2D eigenvalue weighted by atomic mass is 35.5. The van der Waals surface area contributed by atoms with Crippen LogP contribution in [0.5, 0.6) is 5.88 Å². The molecule has 1 saturated carbocycles. The van der Waals surface area contributed by atoms with E-state index in [1.54, 1.807) is 7.11 Å². The summed E-state index contributed by atoms with van der Waals surface area (Å²) in [4.78, 5) is 16.8. The van der Waals surface area contributed by atoms with Gasteiger partial charge in [0.15, 0.2) is 5.78 Å². The van der Waals surface area contributed by atoms with Crippen LogP contribution in [0.3, 0.4) is 0 Å². The Morgan fingerprint density at radius 1 is 1.13 bits per heavy atom. The van der Waals surface area contributed by atoms with E-state index in [-0.39, 0.29) is 28.7 Å². The molecule has 0 saturated heterocycles. The Morgan fingerprint density at radius 2 is 1.83 bits per heavy atom. The lowest BCUT2D eigenvalue weighted by Crippen LogP contribution is -2.18. The lowest BCUT2D eigenvalue weighted by molar-refractivity contribution is -0.137. The normalized spacial score (nSPS) is 19.5. The van der Waals surface area contributed by atoms with E-state index in [0.29, 0.717) is 11.8 Å². The Kier molecular flexibility index (Phi) is 7.40. The smallest absolute Gasteiger partial charge is 0.416 e. The van der Waals surface area contributed by atoms with Gasteiger partial charge in [0.2, 0.25) is 5.88 Å². The number of aromatic nitrogens is 1. The lowest BCUT2D eigenvalue weighted by Gasteiger charge is -2.28. The maximum absolute atomic E-state index is 12.9. The first kappa shape index (κ1) is 22.6. The Morgan fingerprint density at radius 3 is 2.43 bits per heavy atom. The number of ether oxygens (including phenoxy) is 1. The van der Waals surface area contributed by atoms with Gasteiger partial charge in [0.05, 0.1) is 17.7 Å². The van der Waals surface area contributed by atoms with Crippen molar-refractivity contribution >= 4 is 17.4 Å². The number of aryl methyl sites for hydroxylation is 1. The molecular formula is C23H25ClF3NO2. The zero-order valence-electron chi connectivity index (χ0n) is 16.8. The van der Waals surface area contributed by atoms with Crippen molar-refractivity contribution < 1.29 is 22.7 Å². The van der Waals surface area contributed by atoms with Gasteiger partial charge in [0.25, 0.3) is 0 Å². The number of nitrogens with zero attached hydrogens (tertiary/aromatic N) is 1. The van der Waals surface area contributed by atoms with E-state index >= 15 is 0 Å². The zero-order chi connectivity index (χ0) is 21.7. The fraction of sp³-hybridized carbons (Fsp3) is 0.478. The molecule has 0 N–H and O–H groups in total. The fourth-order valence-corrected chi connectivity index (χ4v) is 4.28. The van der Waals surface area contributed by atoms with Crippen molar-refractivity contribution in [3.63, 3.8) is 0 Å². The molecule has 1 aromatic heterocycles. The molecule has 30 heavy (non-hydrogen) atoms. The molecule has 3 rings (SSSR count). The number of halogens is 4. The predicted molar refractivity (Wildman–Crippen MR) is 110 cm³/mol. The number of alkyl halides is 3. The van der Waals surface area contributed by atoms with E-state index in [1.165, 1.54) is 5.56 Å². The topological polar surface area (TPSA) is 39.2 Å². The summed E-state index contributed by atoms with van der Waals surface area (Å²) in [6, 6.07) is 6.82. The summed E-state index contributed by atoms with van der Waals surface area (Å²) in [5.74, 6) is 1.08. The first-order chi connectivity index (χ1) is 14.3. The summed E-state index contributed by atoms with van der Waals surface area (Å²) in [5, 5.41) is 0.0785. The second kappa shape index (κ2) is 9.82. The second-order valence-corrected chi connectivity index (χ2v) is 8.36. The van der Waals surface area contributed by atoms with Gasteiger partial charge in [-0.15, -0.1) is 0 Å². The van der Waals surface area contributed by atoms with Crippen LogP contribution in [0.15, 0.2) is 36.5 Å². The average Bonchev–Trinajstić information content (AvgIpc) is 2.73. The highest BCUT2D eigenvalue weighted by Crippen LogP contribution is 2.36. The van der Waals surface area contributed by atoms with Crippen molar-refractivity contribution in [3.8, 4) is 5.88 Å². The second-order valence-electron chi connectivity index (χ2n) is 7.95. The van der Waals surface area contributed by atoms with Crippen molar-refractivity contribution in [1.29, 1.82) is 0 Å². The quantitative estimate of drug-likeness (QED) is 0.446. The highest BCUT2D eigenvalue weighted by molar-refractivity contribution is 6.34. The van der Waals surface area contributed by atoms with Gasteiger partial charge in [0.1, 0.15) is 0 Å². The SMILES string of the molecule is COc1ccc(CCC2CCC(CC(=O)c3cc(C(F)(F)F)ccc3Cl)CC2)cn1. The van der Waals surface area contributed by atoms with Crippen molar-refractivity contribution in [2.45, 2.75) is 51.1 Å². The van der Waals surface area contributed by atoms with E-state index < -0.39 is 11.7 Å². The molecular weight excluding hydrogens is 415 g/mol. The van der Waals surface area contributed by atoms with E-state index in [1.807, 2.05) is 18.3 Å². The van der Waals surface area contributed by atoms with Crippen LogP contribution in [0, 0.1) is 11.8 Å². The largest absolute Gasteiger partial charge is 0.481 e. The van der Waals surface area contributed by atoms with Gasteiger partial charge in [-0.05, 0) is 61.3 Å². The Hall–Kier alpha value is -2.08. The molecule has 0 bridgehead atoms. The number of methoxy groups -OCH3 is 1. The summed E-state index contributed by atoms with van der Waals surface area (Å²) in [6.45, 7) is 0. The number of carbonyl (C=O) groups excluding carboxylic acids is 1. The third kappa shape index (κ3) is 5.97. The van der Waals surface area contributed by atoms with E-state index in [0.717, 1.165) is 56.7 Å². The van der Waals surface area contributed by atoms with Gasteiger partial charge in [-0.1, -0.05) is 30.5 Å². The van der Waals surface area contributed by atoms with E-state index in [2.05, 4.69) is 4.98 Å². The Balaban J connectivity index is 1.49. The monoisotopic (exact) mass is 439 g/mol. The third-order valence-corrected chi connectivity index (χ3v) is 6.21. The van der Waals surface area contributed by atoms with Gasteiger partial charge >= 0.3 is 6.18 Å². The fourth-order valence-electron chi connectivity index (χ4n) is 4.06. The first-order valence-corrected chi connectivity index (χ1v) is 10.5. The number of ketones is 1. The molecule has 0 aliphatic heterocycles. The standard InChI is InChI=1S/C23H25ClF3NO2/c1-30-22-11-8-17(14-28-22)7-4-15-2-5-16(6-3-15)12-21(29)19-13-18(23(25,26)27)9-10-20(19)24/h8-11,13-16H,2-7,12H2,1H3. The number of pyridine rings is 1. The van der Waals surface area contributed by atoms with Gasteiger partial charge in [-0.25, -0.2) is 4.98 Å². The number of rotatable bonds is 7. The number of Topliss-reactive ketones (excluding diaryl/α,β-unsaturated/α-hetero) is 1. The summed E-state index contributed by atoms with van der Waals surface area (Å²) in [7, 11) is 1.59. The minimum atomic E-state index is -4.49. The van der Waals surface area contributed by atoms with Crippen LogP contribution in [0.25, 0.3) is 0 Å². The van der Waals surface area contributed by atoms with Gasteiger partial charge < -0.3 is 4.74 Å². The Labute approximate surface area is 179 Å².